The van der Waals surface area contributed by atoms with E-state index in [1.54, 1.807) is 0 Å². The number of aliphatic imine (C=N–C) groups is 1. The monoisotopic (exact) mass is 266 g/mol. The highest BCUT2D eigenvalue weighted by Gasteiger charge is 2.15. The molecule has 3 rings (SSSR count). The summed E-state index contributed by atoms with van der Waals surface area (Å²) >= 11 is 5.40. The average molecular weight is 266 g/mol. The number of anilines is 1. The van der Waals surface area contributed by atoms with Gasteiger partial charge in [0.25, 0.3) is 0 Å². The first-order valence-electron chi connectivity index (χ1n) is 6.26. The molecule has 19 heavy (non-hydrogen) atoms. The van der Waals surface area contributed by atoms with E-state index in [9.17, 15) is 0 Å². The summed E-state index contributed by atoms with van der Waals surface area (Å²) in [4.78, 5) is 5.60. The maximum absolute atomic E-state index is 5.40. The van der Waals surface area contributed by atoms with Crippen LogP contribution >= 0.6 is 12.2 Å². The van der Waals surface area contributed by atoms with Gasteiger partial charge in [-0.25, -0.2) is 0 Å². The van der Waals surface area contributed by atoms with Gasteiger partial charge in [-0.3, -0.25) is 4.99 Å². The number of para-hydroxylation sites is 2. The highest BCUT2D eigenvalue weighted by Crippen LogP contribution is 2.29. The van der Waals surface area contributed by atoms with Crippen LogP contribution in [0, 0.1) is 6.92 Å². The zero-order chi connectivity index (χ0) is 13.2. The van der Waals surface area contributed by atoms with Crippen LogP contribution in [0.1, 0.15) is 17.5 Å². The van der Waals surface area contributed by atoms with Crippen LogP contribution in [0.15, 0.2) is 53.5 Å². The highest BCUT2D eigenvalue weighted by atomic mass is 32.1. The molecule has 1 N–H and O–H groups in total. The summed E-state index contributed by atoms with van der Waals surface area (Å²) in [7, 11) is 0. The third-order valence-corrected chi connectivity index (χ3v) is 3.46. The zero-order valence-electron chi connectivity index (χ0n) is 10.7. The molecule has 0 fully saturated rings. The first-order valence-corrected chi connectivity index (χ1v) is 6.67. The second-order valence-corrected chi connectivity index (χ2v) is 5.11. The van der Waals surface area contributed by atoms with Crippen LogP contribution in [-0.4, -0.2) is 10.7 Å². The summed E-state index contributed by atoms with van der Waals surface area (Å²) in [5.41, 5.74) is 5.35. The molecule has 2 aromatic carbocycles. The number of benzene rings is 2. The molecule has 0 unspecified atom stereocenters. The molecule has 1 heterocycles. The molecule has 1 aliphatic rings. The lowest BCUT2D eigenvalue weighted by atomic mass is 10.0. The molecular formula is C16H14N2S. The Bertz CT molecular complexity index is 674. The minimum absolute atomic E-state index is 0.675. The van der Waals surface area contributed by atoms with Crippen LogP contribution in [0.4, 0.5) is 11.4 Å². The van der Waals surface area contributed by atoms with Crippen molar-refractivity contribution in [3.63, 3.8) is 0 Å². The number of hydrogen-bond acceptors (Lipinski definition) is 2. The number of hydrogen-bond donors (Lipinski definition) is 1. The number of thiocarbonyl (C=S) groups is 1. The summed E-state index contributed by atoms with van der Waals surface area (Å²) in [6.45, 7) is 2.10. The van der Waals surface area contributed by atoms with E-state index in [1.807, 2.05) is 36.4 Å². The van der Waals surface area contributed by atoms with Crippen molar-refractivity contribution < 1.29 is 0 Å². The fourth-order valence-corrected chi connectivity index (χ4v) is 2.51. The highest BCUT2D eigenvalue weighted by molar-refractivity contribution is 7.80. The van der Waals surface area contributed by atoms with Crippen molar-refractivity contribution in [3.05, 3.63) is 59.7 Å². The Kier molecular flexibility index (Phi) is 3.13. The Morgan fingerprint density at radius 1 is 1.05 bits per heavy atom. The number of fused-ring (bicyclic) bond motifs is 1. The predicted octanol–water partition coefficient (Wildman–Crippen LogP) is 4.26. The van der Waals surface area contributed by atoms with Gasteiger partial charge in [-0.15, -0.1) is 0 Å². The average Bonchev–Trinajstić information content (AvgIpc) is 2.57. The molecule has 0 amide bonds. The molecule has 1 aliphatic heterocycles. The number of nitrogens with zero attached hydrogens (tertiary/aromatic N) is 1. The largest absolute Gasteiger partial charge is 0.348 e. The normalized spacial score (nSPS) is 14.2. The summed E-state index contributed by atoms with van der Waals surface area (Å²) in [5, 5.41) is 3.26. The molecule has 3 heteroatoms. The van der Waals surface area contributed by atoms with Crippen molar-refractivity contribution >= 4 is 34.3 Å². The second kappa shape index (κ2) is 4.94. The van der Waals surface area contributed by atoms with E-state index in [4.69, 9.17) is 17.2 Å². The predicted molar refractivity (Wildman–Crippen MR) is 84.7 cm³/mol. The van der Waals surface area contributed by atoms with Gasteiger partial charge in [0.2, 0.25) is 0 Å². The summed E-state index contributed by atoms with van der Waals surface area (Å²) in [5.74, 6) is 0. The van der Waals surface area contributed by atoms with E-state index in [0.717, 1.165) is 22.1 Å². The Hall–Kier alpha value is -2.00. The lowest BCUT2D eigenvalue weighted by molar-refractivity contribution is 1.39. The van der Waals surface area contributed by atoms with E-state index in [0.29, 0.717) is 6.42 Å². The van der Waals surface area contributed by atoms with E-state index in [-0.39, 0.29) is 0 Å². The van der Waals surface area contributed by atoms with Crippen molar-refractivity contribution in [3.8, 4) is 0 Å². The molecule has 2 nitrogen and oxygen atoms in total. The summed E-state index contributed by atoms with van der Waals surface area (Å²) in [6.07, 6.45) is 0.675. The second-order valence-electron chi connectivity index (χ2n) is 4.62. The first-order chi connectivity index (χ1) is 9.24. The first kappa shape index (κ1) is 12.1. The quantitative estimate of drug-likeness (QED) is 0.780. The standard InChI is InChI=1S/C16H14N2S/c1-11-6-2-3-7-12(11)15-10-16(19)18-14-9-5-4-8-13(14)17-15/h2-9H,10H2,1H3,(H,18,19). The van der Waals surface area contributed by atoms with Crippen molar-refractivity contribution in [2.75, 3.05) is 5.32 Å². The van der Waals surface area contributed by atoms with Crippen molar-refractivity contribution in [1.29, 1.82) is 0 Å². The molecule has 0 saturated heterocycles. The zero-order valence-corrected chi connectivity index (χ0v) is 11.5. The Labute approximate surface area is 118 Å². The van der Waals surface area contributed by atoms with Crippen LogP contribution in [0.25, 0.3) is 0 Å². The van der Waals surface area contributed by atoms with E-state index >= 15 is 0 Å². The molecular weight excluding hydrogens is 252 g/mol. The van der Waals surface area contributed by atoms with Gasteiger partial charge in [0.15, 0.2) is 0 Å². The molecule has 94 valence electrons. The van der Waals surface area contributed by atoms with Gasteiger partial charge < -0.3 is 5.32 Å². The minimum atomic E-state index is 0.675. The van der Waals surface area contributed by atoms with Crippen molar-refractivity contribution in [2.24, 2.45) is 4.99 Å². The number of aryl methyl sites for hydroxylation is 1. The Morgan fingerprint density at radius 2 is 1.79 bits per heavy atom. The smallest absolute Gasteiger partial charge is 0.0868 e. The maximum Gasteiger partial charge on any atom is 0.0868 e. The fraction of sp³-hybridized carbons (Fsp3) is 0.125. The van der Waals surface area contributed by atoms with Gasteiger partial charge in [0, 0.05) is 6.42 Å². The van der Waals surface area contributed by atoms with Crippen LogP contribution < -0.4 is 5.32 Å². The van der Waals surface area contributed by atoms with E-state index in [2.05, 4.69) is 24.4 Å². The molecule has 0 atom stereocenters. The van der Waals surface area contributed by atoms with Crippen LogP contribution in [0.3, 0.4) is 0 Å². The van der Waals surface area contributed by atoms with Crippen LogP contribution in [-0.2, 0) is 0 Å². The summed E-state index contributed by atoms with van der Waals surface area (Å²) < 4.78 is 0. The fourth-order valence-electron chi connectivity index (χ4n) is 2.26. The molecule has 0 bridgehead atoms. The van der Waals surface area contributed by atoms with E-state index in [1.165, 1.54) is 11.1 Å². The minimum Gasteiger partial charge on any atom is -0.348 e. The Balaban J connectivity index is 2.14. The van der Waals surface area contributed by atoms with Gasteiger partial charge in [0.1, 0.15) is 0 Å². The molecule has 2 aromatic rings. The van der Waals surface area contributed by atoms with Crippen molar-refractivity contribution in [1.82, 2.24) is 0 Å². The van der Waals surface area contributed by atoms with Gasteiger partial charge >= 0.3 is 0 Å². The van der Waals surface area contributed by atoms with Crippen LogP contribution in [0.2, 0.25) is 0 Å². The SMILES string of the molecule is Cc1ccccc1C1=Nc2ccccc2NC(=S)C1. The maximum atomic E-state index is 5.40. The lowest BCUT2D eigenvalue weighted by Crippen LogP contribution is -2.13. The topological polar surface area (TPSA) is 24.4 Å². The number of nitrogens with one attached hydrogen (secondary N) is 1. The van der Waals surface area contributed by atoms with Crippen LogP contribution in [0.5, 0.6) is 0 Å². The number of rotatable bonds is 1. The third kappa shape index (κ3) is 2.42. The molecule has 0 radical (unpaired) electrons. The molecule has 0 aliphatic carbocycles. The molecule has 0 spiro atoms. The van der Waals surface area contributed by atoms with E-state index < -0.39 is 0 Å². The molecule has 0 saturated carbocycles. The third-order valence-electron chi connectivity index (χ3n) is 3.22. The molecule has 0 aromatic heterocycles. The van der Waals surface area contributed by atoms with Gasteiger partial charge in [-0.05, 0) is 30.2 Å². The summed E-state index contributed by atoms with van der Waals surface area (Å²) in [6, 6.07) is 16.3. The van der Waals surface area contributed by atoms with Crippen molar-refractivity contribution in [2.45, 2.75) is 13.3 Å². The van der Waals surface area contributed by atoms with Gasteiger partial charge in [0.05, 0.1) is 22.1 Å². The Morgan fingerprint density at radius 3 is 2.63 bits per heavy atom. The lowest BCUT2D eigenvalue weighted by Gasteiger charge is -2.07. The van der Waals surface area contributed by atoms with Gasteiger partial charge in [-0.2, -0.15) is 0 Å². The van der Waals surface area contributed by atoms with Gasteiger partial charge in [-0.1, -0.05) is 48.6 Å².